The van der Waals surface area contributed by atoms with Crippen LogP contribution in [0.3, 0.4) is 0 Å². The zero-order valence-corrected chi connectivity index (χ0v) is 13.2. The summed E-state index contributed by atoms with van der Waals surface area (Å²) in [7, 11) is 3.63. The lowest BCUT2D eigenvalue weighted by molar-refractivity contribution is -0.870. The fraction of sp³-hybridized carbons (Fsp3) is 0.750. The zero-order chi connectivity index (χ0) is 14.9. The Morgan fingerprint density at radius 1 is 1.16 bits per heavy atom. The van der Waals surface area contributed by atoms with Crippen molar-refractivity contribution in [2.45, 2.75) is 13.3 Å². The minimum Gasteiger partial charge on any atom is -0.462 e. The molecule has 0 heterocycles. The Balaban J connectivity index is 3.49. The molecule has 0 aromatic rings. The summed E-state index contributed by atoms with van der Waals surface area (Å²) in [5, 5.41) is 0. The smallest absolute Gasteiger partial charge is 0.333 e. The van der Waals surface area contributed by atoms with Gasteiger partial charge in [-0.3, -0.25) is 4.57 Å². The van der Waals surface area contributed by atoms with Gasteiger partial charge in [-0.1, -0.05) is 6.58 Å². The Morgan fingerprint density at radius 3 is 2.26 bits per heavy atom. The maximum absolute atomic E-state index is 11.3. The van der Waals surface area contributed by atoms with Crippen LogP contribution in [-0.2, 0) is 23.1 Å². The van der Waals surface area contributed by atoms with Crippen LogP contribution in [0.5, 0.6) is 0 Å². The highest BCUT2D eigenvalue weighted by Gasteiger charge is 2.08. The molecule has 0 amide bonds. The molecule has 0 aromatic carbocycles. The van der Waals surface area contributed by atoms with Gasteiger partial charge in [0.1, 0.15) is 13.2 Å². The molecule has 0 aromatic heterocycles. The molecule has 112 valence electrons. The van der Waals surface area contributed by atoms with E-state index in [0.717, 1.165) is 11.0 Å². The van der Waals surface area contributed by atoms with Crippen molar-refractivity contribution in [1.29, 1.82) is 0 Å². The van der Waals surface area contributed by atoms with Gasteiger partial charge in [0.25, 0.3) is 0 Å². The molecular formula is C12H25NO5P+. The second kappa shape index (κ2) is 9.26. The number of esters is 1. The molecule has 0 saturated carbocycles. The van der Waals surface area contributed by atoms with E-state index in [0.29, 0.717) is 18.6 Å². The van der Waals surface area contributed by atoms with Crippen LogP contribution in [0.4, 0.5) is 0 Å². The first kappa shape index (κ1) is 18.3. The molecule has 0 N–H and O–H groups in total. The third-order valence-electron chi connectivity index (χ3n) is 2.07. The van der Waals surface area contributed by atoms with Crippen molar-refractivity contribution in [2.75, 3.05) is 47.5 Å². The lowest BCUT2D eigenvalue weighted by Crippen LogP contribution is -2.37. The van der Waals surface area contributed by atoms with Gasteiger partial charge in [-0.15, -0.1) is 0 Å². The van der Waals surface area contributed by atoms with Crippen molar-refractivity contribution in [3.63, 3.8) is 0 Å². The standard InChI is InChI=1S/C12H25NO5P/c1-11(2)12(14)16-8-6-9-17-19(15)18-10-7-13(3,4)5/h19H,1,6-10H2,2-5H3/q+1. The highest BCUT2D eigenvalue weighted by Crippen LogP contribution is 2.23. The Kier molecular flexibility index (Phi) is 8.93. The van der Waals surface area contributed by atoms with Gasteiger partial charge in [0, 0.05) is 12.0 Å². The van der Waals surface area contributed by atoms with Crippen molar-refractivity contribution >= 4 is 14.2 Å². The zero-order valence-electron chi connectivity index (χ0n) is 12.2. The number of rotatable bonds is 10. The van der Waals surface area contributed by atoms with Crippen molar-refractivity contribution < 1.29 is 27.6 Å². The molecule has 0 rings (SSSR count). The Bertz CT molecular complexity index is 325. The van der Waals surface area contributed by atoms with E-state index in [2.05, 4.69) is 6.58 Å². The van der Waals surface area contributed by atoms with E-state index < -0.39 is 14.2 Å². The van der Waals surface area contributed by atoms with E-state index >= 15 is 0 Å². The maximum atomic E-state index is 11.3. The quantitative estimate of drug-likeness (QED) is 0.201. The van der Waals surface area contributed by atoms with E-state index in [1.165, 1.54) is 0 Å². The van der Waals surface area contributed by atoms with Crippen molar-refractivity contribution in [3.8, 4) is 0 Å². The minimum absolute atomic E-state index is 0.222. The van der Waals surface area contributed by atoms with Gasteiger partial charge in [0.2, 0.25) is 0 Å². The van der Waals surface area contributed by atoms with E-state index in [1.54, 1.807) is 6.92 Å². The summed E-state index contributed by atoms with van der Waals surface area (Å²) in [5.41, 5.74) is 0.359. The average molecular weight is 294 g/mol. The summed E-state index contributed by atoms with van der Waals surface area (Å²) in [6.07, 6.45) is 0.480. The maximum Gasteiger partial charge on any atom is 0.333 e. The highest BCUT2D eigenvalue weighted by molar-refractivity contribution is 7.33. The molecule has 6 nitrogen and oxygen atoms in total. The van der Waals surface area contributed by atoms with Crippen molar-refractivity contribution in [1.82, 2.24) is 0 Å². The third kappa shape index (κ3) is 12.1. The van der Waals surface area contributed by atoms with E-state index in [4.69, 9.17) is 13.8 Å². The molecule has 19 heavy (non-hydrogen) atoms. The average Bonchev–Trinajstić information content (AvgIpc) is 2.26. The van der Waals surface area contributed by atoms with Gasteiger partial charge in [-0.05, 0) is 6.92 Å². The molecule has 1 atom stereocenters. The Morgan fingerprint density at radius 2 is 1.74 bits per heavy atom. The lowest BCUT2D eigenvalue weighted by atomic mass is 10.4. The number of nitrogens with zero attached hydrogens (tertiary/aromatic N) is 1. The first-order valence-corrected chi connectivity index (χ1v) is 7.37. The fourth-order valence-corrected chi connectivity index (χ4v) is 1.60. The van der Waals surface area contributed by atoms with Crippen LogP contribution in [-0.4, -0.2) is 58.0 Å². The van der Waals surface area contributed by atoms with E-state index in [9.17, 15) is 9.36 Å². The first-order chi connectivity index (χ1) is 8.72. The van der Waals surface area contributed by atoms with E-state index in [1.807, 2.05) is 21.1 Å². The number of quaternary nitrogens is 1. The number of carbonyl (C=O) groups is 1. The predicted molar refractivity (Wildman–Crippen MR) is 74.2 cm³/mol. The van der Waals surface area contributed by atoms with Crippen molar-refractivity contribution in [2.24, 2.45) is 0 Å². The number of ether oxygens (including phenoxy) is 1. The molecular weight excluding hydrogens is 269 g/mol. The molecule has 0 aliphatic carbocycles. The van der Waals surface area contributed by atoms with Crippen LogP contribution in [0.25, 0.3) is 0 Å². The van der Waals surface area contributed by atoms with Crippen LogP contribution < -0.4 is 0 Å². The second-order valence-corrected chi connectivity index (χ2v) is 6.31. The number of likely N-dealkylation sites (N-methyl/N-ethyl adjacent to an activating group) is 1. The highest BCUT2D eigenvalue weighted by atomic mass is 31.1. The van der Waals surface area contributed by atoms with Crippen LogP contribution in [0.2, 0.25) is 0 Å². The van der Waals surface area contributed by atoms with Crippen LogP contribution in [0, 0.1) is 0 Å². The molecule has 0 aliphatic heterocycles. The normalized spacial score (nSPS) is 13.1. The van der Waals surface area contributed by atoms with Gasteiger partial charge in [-0.2, -0.15) is 0 Å². The van der Waals surface area contributed by atoms with Gasteiger partial charge in [0.05, 0.1) is 34.4 Å². The van der Waals surface area contributed by atoms with Gasteiger partial charge in [-0.25, -0.2) is 4.79 Å². The lowest BCUT2D eigenvalue weighted by Gasteiger charge is -2.23. The molecule has 0 saturated heterocycles. The monoisotopic (exact) mass is 294 g/mol. The molecule has 0 radical (unpaired) electrons. The Labute approximate surface area is 115 Å². The Hall–Kier alpha value is -0.680. The van der Waals surface area contributed by atoms with Crippen LogP contribution in [0.1, 0.15) is 13.3 Å². The predicted octanol–water partition coefficient (Wildman–Crippen LogP) is 1.62. The third-order valence-corrected chi connectivity index (χ3v) is 2.95. The largest absolute Gasteiger partial charge is 0.462 e. The summed E-state index contributed by atoms with van der Waals surface area (Å²) in [5.74, 6) is -0.424. The summed E-state index contributed by atoms with van der Waals surface area (Å²) in [4.78, 5) is 11.0. The van der Waals surface area contributed by atoms with E-state index in [-0.39, 0.29) is 13.2 Å². The molecule has 0 spiro atoms. The van der Waals surface area contributed by atoms with Gasteiger partial charge >= 0.3 is 14.2 Å². The van der Waals surface area contributed by atoms with Crippen molar-refractivity contribution in [3.05, 3.63) is 12.2 Å². The fourth-order valence-electron chi connectivity index (χ4n) is 0.947. The SMILES string of the molecule is C=C(C)C(=O)OCCCO[PH](=O)OCC[N+](C)(C)C. The molecule has 7 heteroatoms. The molecule has 0 bridgehead atoms. The molecule has 0 aliphatic rings. The number of hydrogen-bond donors (Lipinski definition) is 0. The molecule has 0 fully saturated rings. The summed E-state index contributed by atoms with van der Waals surface area (Å²) < 4.78 is 27.0. The van der Waals surface area contributed by atoms with Gasteiger partial charge in [0.15, 0.2) is 0 Å². The van der Waals surface area contributed by atoms with Crippen LogP contribution >= 0.6 is 8.25 Å². The minimum atomic E-state index is -2.45. The molecule has 1 unspecified atom stereocenters. The topological polar surface area (TPSA) is 61.8 Å². The van der Waals surface area contributed by atoms with Gasteiger partial charge < -0.3 is 18.3 Å². The summed E-state index contributed by atoms with van der Waals surface area (Å²) >= 11 is 0. The number of hydrogen-bond acceptors (Lipinski definition) is 5. The number of carbonyl (C=O) groups excluding carboxylic acids is 1. The van der Waals surface area contributed by atoms with Crippen LogP contribution in [0.15, 0.2) is 12.2 Å². The summed E-state index contributed by atoms with van der Waals surface area (Å²) in [6, 6.07) is 0. The second-order valence-electron chi connectivity index (χ2n) is 5.23. The first-order valence-electron chi connectivity index (χ1n) is 6.15. The summed E-state index contributed by atoms with van der Waals surface area (Å²) in [6.45, 7) is 6.66.